The molecule has 3 heteroatoms. The number of hydrogen-bond donors (Lipinski definition) is 0. The normalized spacial score (nSPS) is 11.3. The minimum absolute atomic E-state index is 0. The maximum atomic E-state index is 3.28. The van der Waals surface area contributed by atoms with Crippen LogP contribution in [0, 0.1) is 19.9 Å². The topological polar surface area (TPSA) is 0 Å². The van der Waals surface area contributed by atoms with Crippen LogP contribution in [0.3, 0.4) is 0 Å². The molecule has 0 bridgehead atoms. The van der Waals surface area contributed by atoms with E-state index in [-0.39, 0.29) is 24.8 Å². The van der Waals surface area contributed by atoms with E-state index in [1.165, 1.54) is 82.4 Å². The Morgan fingerprint density at radius 3 is 1.50 bits per heavy atom. The third-order valence-electron chi connectivity index (χ3n) is 6.92. The Morgan fingerprint density at radius 1 is 0.619 bits per heavy atom. The maximum absolute atomic E-state index is 3.28. The molecule has 208 valence electrons. The molecule has 1 aliphatic rings. The van der Waals surface area contributed by atoms with E-state index in [1.54, 1.807) is 0 Å². The molecular formula is C39H32Cl2Zr-2. The van der Waals surface area contributed by atoms with Gasteiger partial charge in [-0.15, -0.1) is 63.5 Å². The van der Waals surface area contributed by atoms with Gasteiger partial charge in [-0.05, 0) is 13.8 Å². The average molecular weight is 663 g/mol. The van der Waals surface area contributed by atoms with Crippen LogP contribution in [0.25, 0.3) is 27.1 Å². The fraction of sp³-hybridized carbons (Fsp3) is 0.0769. The summed E-state index contributed by atoms with van der Waals surface area (Å²) in [5.74, 6) is 0. The number of halogens is 2. The summed E-state index contributed by atoms with van der Waals surface area (Å²) in [6, 6.07) is 47.1. The molecule has 0 heterocycles. The van der Waals surface area contributed by atoms with Gasteiger partial charge in [-0.1, -0.05) is 60.0 Å². The third kappa shape index (κ3) is 8.65. The molecule has 7 rings (SSSR count). The molecule has 0 nitrogen and oxygen atoms in total. The summed E-state index contributed by atoms with van der Waals surface area (Å²) in [5, 5.41) is 5.46. The van der Waals surface area contributed by atoms with Gasteiger partial charge in [-0.3, -0.25) is 0 Å². The molecule has 0 radical (unpaired) electrons. The molecule has 42 heavy (non-hydrogen) atoms. The molecule has 0 amide bonds. The number of allylic oxidation sites excluding steroid dienone is 4. The van der Waals surface area contributed by atoms with Crippen molar-refractivity contribution in [2.75, 3.05) is 0 Å². The third-order valence-corrected chi connectivity index (χ3v) is 8.34. The fourth-order valence-corrected chi connectivity index (χ4v) is 5.68. The van der Waals surface area contributed by atoms with Crippen molar-refractivity contribution >= 4 is 30.3 Å². The van der Waals surface area contributed by atoms with Crippen molar-refractivity contribution in [1.82, 2.24) is 0 Å². The van der Waals surface area contributed by atoms with Crippen LogP contribution in [-0.2, 0) is 24.2 Å². The first-order valence-electron chi connectivity index (χ1n) is 13.7. The standard InChI is InChI=1S/C15H13.C13H10.C11H9.2ClH.Zr/c1-10-3-5-14-12(7-10)9-13-8-11(2)4-6-15(13)14;1-3-7-12(8-4-1)11-13-9-5-2-6-10-13;1-2-6-10(7-3-1)11-8-4-5-9-11;;;/h3-9H,1-2H3;1-10H;1-4,6-8H,5H2;2*1H;/q-1;;-1;;;+2/p-2. The molecule has 6 aromatic carbocycles. The molecule has 0 aromatic heterocycles. The van der Waals surface area contributed by atoms with E-state index in [1.807, 2.05) is 6.07 Å². The summed E-state index contributed by atoms with van der Waals surface area (Å²) in [5.41, 5.74) is 7.81. The van der Waals surface area contributed by atoms with Gasteiger partial charge < -0.3 is 24.8 Å². The summed E-state index contributed by atoms with van der Waals surface area (Å²) < 4.78 is 1.42. The summed E-state index contributed by atoms with van der Waals surface area (Å²) in [7, 11) is 0. The van der Waals surface area contributed by atoms with Crippen LogP contribution in [0.1, 0.15) is 34.2 Å². The molecule has 0 unspecified atom stereocenters. The van der Waals surface area contributed by atoms with E-state index >= 15 is 0 Å². The number of hydrogen-bond acceptors (Lipinski definition) is 0. The van der Waals surface area contributed by atoms with Gasteiger partial charge >= 0.3 is 99.2 Å². The molecule has 0 fully saturated rings. The Labute approximate surface area is 277 Å². The summed E-state index contributed by atoms with van der Waals surface area (Å²) in [6.07, 6.45) is 8.49. The molecule has 0 atom stereocenters. The Balaban J connectivity index is 0.000000171. The van der Waals surface area contributed by atoms with Crippen LogP contribution in [-0.4, -0.2) is 3.21 Å². The van der Waals surface area contributed by atoms with Gasteiger partial charge in [0.1, 0.15) is 0 Å². The van der Waals surface area contributed by atoms with Crippen LogP contribution in [0.4, 0.5) is 0 Å². The molecule has 0 N–H and O–H groups in total. The zero-order chi connectivity index (χ0) is 27.7. The van der Waals surface area contributed by atoms with Crippen molar-refractivity contribution in [3.63, 3.8) is 0 Å². The van der Waals surface area contributed by atoms with Crippen molar-refractivity contribution in [3.05, 3.63) is 180 Å². The summed E-state index contributed by atoms with van der Waals surface area (Å²) in [4.78, 5) is 0. The SMILES string of the molecule is Cc1ccc2c(c1)[cH-]c1cc(C)ccc12.[C-]1=C(c2ccccc2)C=CC1.[Cl-].[Cl-].[Zr+2]=[C](c1ccccc1)c1ccccc1. The van der Waals surface area contributed by atoms with Crippen LogP contribution in [0.5, 0.6) is 0 Å². The average Bonchev–Trinajstić information content (AvgIpc) is 3.67. The van der Waals surface area contributed by atoms with Gasteiger partial charge in [0.25, 0.3) is 0 Å². The van der Waals surface area contributed by atoms with Crippen molar-refractivity contribution in [2.24, 2.45) is 0 Å². The number of rotatable bonds is 3. The fourth-order valence-electron chi connectivity index (χ4n) is 4.86. The molecule has 0 aliphatic heterocycles. The van der Waals surface area contributed by atoms with Crippen molar-refractivity contribution in [2.45, 2.75) is 20.3 Å². The quantitative estimate of drug-likeness (QED) is 0.252. The second-order valence-electron chi connectivity index (χ2n) is 10.00. The zero-order valence-corrected chi connectivity index (χ0v) is 27.8. The van der Waals surface area contributed by atoms with Gasteiger partial charge in [-0.25, -0.2) is 0 Å². The molecule has 0 saturated carbocycles. The molecule has 0 spiro atoms. The monoisotopic (exact) mass is 660 g/mol. The molecule has 0 saturated heterocycles. The van der Waals surface area contributed by atoms with E-state index in [0.29, 0.717) is 0 Å². The van der Waals surface area contributed by atoms with E-state index in [4.69, 9.17) is 0 Å². The minimum atomic E-state index is 0. The number of fused-ring (bicyclic) bond motifs is 3. The van der Waals surface area contributed by atoms with Crippen LogP contribution >= 0.6 is 0 Å². The first-order valence-corrected chi connectivity index (χ1v) is 14.9. The second-order valence-corrected chi connectivity index (χ2v) is 11.2. The van der Waals surface area contributed by atoms with Gasteiger partial charge in [0.05, 0.1) is 0 Å². The molecular weight excluding hydrogens is 631 g/mol. The van der Waals surface area contributed by atoms with E-state index in [2.05, 4.69) is 159 Å². The van der Waals surface area contributed by atoms with Crippen molar-refractivity contribution in [1.29, 1.82) is 0 Å². The molecule has 1 aliphatic carbocycles. The predicted molar refractivity (Wildman–Crippen MR) is 169 cm³/mol. The number of benzene rings is 5. The van der Waals surface area contributed by atoms with Crippen LogP contribution in [0.15, 0.2) is 146 Å². The Bertz CT molecular complexity index is 1680. The van der Waals surface area contributed by atoms with Crippen molar-refractivity contribution in [3.8, 4) is 0 Å². The van der Waals surface area contributed by atoms with Gasteiger partial charge in [0.15, 0.2) is 0 Å². The van der Waals surface area contributed by atoms with E-state index in [0.717, 1.165) is 6.42 Å². The summed E-state index contributed by atoms with van der Waals surface area (Å²) in [6.45, 7) is 4.28. The first-order chi connectivity index (χ1) is 19.6. The predicted octanol–water partition coefficient (Wildman–Crippen LogP) is 3.97. The Kier molecular flexibility index (Phi) is 13.0. The van der Waals surface area contributed by atoms with E-state index in [9.17, 15) is 0 Å². The van der Waals surface area contributed by atoms with Gasteiger partial charge in [0.2, 0.25) is 0 Å². The van der Waals surface area contributed by atoms with E-state index < -0.39 is 0 Å². The summed E-state index contributed by atoms with van der Waals surface area (Å²) >= 11 is 1.46. The van der Waals surface area contributed by atoms with Crippen molar-refractivity contribution < 1.29 is 49.0 Å². The van der Waals surface area contributed by atoms with Crippen LogP contribution in [0.2, 0.25) is 0 Å². The molecule has 6 aromatic rings. The zero-order valence-electron chi connectivity index (χ0n) is 23.8. The Hall–Kier alpha value is -3.22. The second kappa shape index (κ2) is 16.4. The number of aryl methyl sites for hydroxylation is 2. The van der Waals surface area contributed by atoms with Gasteiger partial charge in [-0.2, -0.15) is 17.7 Å². The first kappa shape index (κ1) is 33.3. The van der Waals surface area contributed by atoms with Crippen LogP contribution < -0.4 is 24.8 Å². The van der Waals surface area contributed by atoms with Gasteiger partial charge in [0, 0.05) is 0 Å². The Morgan fingerprint density at radius 2 is 1.07 bits per heavy atom.